The van der Waals surface area contributed by atoms with Crippen molar-refractivity contribution in [3.8, 4) is 0 Å². The summed E-state index contributed by atoms with van der Waals surface area (Å²) in [6.07, 6.45) is 4.26. The predicted molar refractivity (Wildman–Crippen MR) is 113 cm³/mol. The second-order valence-corrected chi connectivity index (χ2v) is 8.64. The monoisotopic (exact) mass is 440 g/mol. The summed E-state index contributed by atoms with van der Waals surface area (Å²) in [7, 11) is 1.94. The van der Waals surface area contributed by atoms with E-state index in [0.29, 0.717) is 24.3 Å². The highest BCUT2D eigenvalue weighted by Crippen LogP contribution is 2.35. The van der Waals surface area contributed by atoms with Gasteiger partial charge in [-0.15, -0.1) is 0 Å². The summed E-state index contributed by atoms with van der Waals surface area (Å²) in [6, 6.07) is 2.03. The molecule has 32 heavy (non-hydrogen) atoms. The molecule has 0 spiro atoms. The first-order valence-corrected chi connectivity index (χ1v) is 10.8. The second kappa shape index (κ2) is 8.01. The van der Waals surface area contributed by atoms with Gasteiger partial charge < -0.3 is 14.4 Å². The summed E-state index contributed by atoms with van der Waals surface area (Å²) in [5, 5.41) is 2.30. The minimum atomic E-state index is -0.710. The number of aryl methyl sites for hydroxylation is 1. The average molecular weight is 440 g/mol. The smallest absolute Gasteiger partial charge is 0.255 e. The average Bonchev–Trinajstić information content (AvgIpc) is 3.31. The number of fused-ring (bicyclic) bond motifs is 1. The number of carbonyl (C=O) groups is 3. The summed E-state index contributed by atoms with van der Waals surface area (Å²) < 4.78 is 16.4. The lowest BCUT2D eigenvalue weighted by atomic mass is 10.0. The van der Waals surface area contributed by atoms with Crippen molar-refractivity contribution in [2.24, 2.45) is 7.05 Å². The third-order valence-corrected chi connectivity index (χ3v) is 6.45. The quantitative estimate of drug-likeness (QED) is 0.702. The molecule has 3 amide bonds. The number of carbonyl (C=O) groups excluding carboxylic acids is 3. The first-order chi connectivity index (χ1) is 15.4. The zero-order valence-electron chi connectivity index (χ0n) is 17.9. The summed E-state index contributed by atoms with van der Waals surface area (Å²) in [5.74, 6) is -1.62. The minimum absolute atomic E-state index is 0.190. The molecule has 2 fully saturated rings. The highest BCUT2D eigenvalue weighted by Gasteiger charge is 2.41. The van der Waals surface area contributed by atoms with Crippen LogP contribution in [0.2, 0.25) is 0 Å². The fourth-order valence-electron chi connectivity index (χ4n) is 4.81. The van der Waals surface area contributed by atoms with E-state index in [-0.39, 0.29) is 31.2 Å². The first-order valence-electron chi connectivity index (χ1n) is 10.8. The molecule has 2 aromatic rings. The Morgan fingerprint density at radius 1 is 1.16 bits per heavy atom. The molecule has 9 nitrogen and oxygen atoms in total. The van der Waals surface area contributed by atoms with Crippen molar-refractivity contribution < 1.29 is 18.8 Å². The molecule has 1 N–H and O–H groups in total. The van der Waals surface area contributed by atoms with Gasteiger partial charge in [-0.3, -0.25) is 24.6 Å². The molecule has 0 saturated carbocycles. The molecule has 1 aromatic heterocycles. The van der Waals surface area contributed by atoms with Gasteiger partial charge in [0.15, 0.2) is 0 Å². The van der Waals surface area contributed by atoms with Crippen LogP contribution in [0.4, 0.5) is 10.1 Å². The number of amides is 3. The second-order valence-electron chi connectivity index (χ2n) is 8.64. The Bertz CT molecular complexity index is 1090. The van der Waals surface area contributed by atoms with Crippen molar-refractivity contribution in [3.05, 3.63) is 47.3 Å². The lowest BCUT2D eigenvalue weighted by Gasteiger charge is -2.36. The largest absolute Gasteiger partial charge is 0.369 e. The van der Waals surface area contributed by atoms with Gasteiger partial charge >= 0.3 is 0 Å². The van der Waals surface area contributed by atoms with Crippen LogP contribution in [-0.2, 0) is 29.7 Å². The normalized spacial score (nSPS) is 21.8. The van der Waals surface area contributed by atoms with E-state index in [0.717, 1.165) is 30.9 Å². The fraction of sp³-hybridized carbons (Fsp3) is 0.455. The lowest BCUT2D eigenvalue weighted by Crippen LogP contribution is -2.52. The minimum Gasteiger partial charge on any atom is -0.369 e. The molecule has 3 aliphatic heterocycles. The number of imide groups is 1. The number of benzene rings is 1. The Morgan fingerprint density at radius 3 is 2.62 bits per heavy atom. The van der Waals surface area contributed by atoms with Crippen molar-refractivity contribution >= 4 is 23.4 Å². The SMILES string of the molecule is Cn1cnc(CN2CCN(c3cc(F)cc4c3CN(C3CCC(=O)NC3=O)C4=O)CC2)c1. The van der Waals surface area contributed by atoms with Gasteiger partial charge in [0.25, 0.3) is 5.91 Å². The van der Waals surface area contributed by atoms with Gasteiger partial charge in [0.05, 0.1) is 12.0 Å². The Labute approximate surface area is 184 Å². The van der Waals surface area contributed by atoms with Crippen molar-refractivity contribution in [1.82, 2.24) is 24.7 Å². The highest BCUT2D eigenvalue weighted by molar-refractivity contribution is 6.06. The topological polar surface area (TPSA) is 90.8 Å². The van der Waals surface area contributed by atoms with E-state index in [1.807, 2.05) is 17.8 Å². The molecule has 0 bridgehead atoms. The number of aromatic nitrogens is 2. The number of imidazole rings is 1. The molecule has 3 aliphatic rings. The maximum absolute atomic E-state index is 14.5. The Hall–Kier alpha value is -3.27. The van der Waals surface area contributed by atoms with Gasteiger partial charge in [-0.2, -0.15) is 0 Å². The predicted octanol–water partition coefficient (Wildman–Crippen LogP) is 0.642. The van der Waals surface area contributed by atoms with Crippen LogP contribution < -0.4 is 10.2 Å². The van der Waals surface area contributed by atoms with E-state index < -0.39 is 17.8 Å². The molecule has 168 valence electrons. The van der Waals surface area contributed by atoms with E-state index in [1.54, 1.807) is 6.33 Å². The number of piperidine rings is 1. The van der Waals surface area contributed by atoms with Crippen molar-refractivity contribution in [1.29, 1.82) is 0 Å². The third kappa shape index (κ3) is 3.75. The van der Waals surface area contributed by atoms with Crippen molar-refractivity contribution in [2.45, 2.75) is 32.0 Å². The summed E-state index contributed by atoms with van der Waals surface area (Å²) >= 11 is 0. The van der Waals surface area contributed by atoms with E-state index in [9.17, 15) is 18.8 Å². The van der Waals surface area contributed by atoms with E-state index in [1.165, 1.54) is 17.0 Å². The Kier molecular flexibility index (Phi) is 5.16. The van der Waals surface area contributed by atoms with Gasteiger partial charge in [-0.05, 0) is 18.6 Å². The van der Waals surface area contributed by atoms with Crippen LogP contribution in [0, 0.1) is 5.82 Å². The number of nitrogens with zero attached hydrogens (tertiary/aromatic N) is 5. The van der Waals surface area contributed by atoms with Crippen LogP contribution in [0.25, 0.3) is 0 Å². The molecule has 0 radical (unpaired) electrons. The standard InChI is InChI=1S/C22H25FN6O3/c1-26-10-15(24-13-26)11-27-4-6-28(7-5-27)19-9-14(23)8-16-17(19)12-29(22(16)32)18-2-3-20(30)25-21(18)31/h8-10,13,18H,2-7,11-12H2,1H3,(H,25,30,31). The molecule has 5 rings (SSSR count). The molecule has 1 atom stereocenters. The van der Waals surface area contributed by atoms with Crippen LogP contribution in [0.3, 0.4) is 0 Å². The van der Waals surface area contributed by atoms with Crippen molar-refractivity contribution in [2.75, 3.05) is 31.1 Å². The summed E-state index contributed by atoms with van der Waals surface area (Å²) in [5.41, 5.74) is 2.78. The maximum atomic E-state index is 14.5. The Morgan fingerprint density at radius 2 is 1.94 bits per heavy atom. The summed E-state index contributed by atoms with van der Waals surface area (Å²) in [6.45, 7) is 4.01. The first kappa shape index (κ1) is 20.6. The molecule has 1 unspecified atom stereocenters. The van der Waals surface area contributed by atoms with Gasteiger partial charge in [-0.1, -0.05) is 0 Å². The van der Waals surface area contributed by atoms with Crippen LogP contribution in [-0.4, -0.2) is 69.3 Å². The number of nitrogens with one attached hydrogen (secondary N) is 1. The number of piperazine rings is 1. The van der Waals surface area contributed by atoms with Crippen LogP contribution in [0.5, 0.6) is 0 Å². The van der Waals surface area contributed by atoms with Gasteiger partial charge in [0.1, 0.15) is 11.9 Å². The van der Waals surface area contributed by atoms with E-state index in [4.69, 9.17) is 0 Å². The van der Waals surface area contributed by atoms with Crippen LogP contribution >= 0.6 is 0 Å². The number of rotatable bonds is 4. The van der Waals surface area contributed by atoms with Gasteiger partial charge in [-0.25, -0.2) is 9.37 Å². The summed E-state index contributed by atoms with van der Waals surface area (Å²) in [4.78, 5) is 47.1. The number of hydrogen-bond acceptors (Lipinski definition) is 6. The maximum Gasteiger partial charge on any atom is 0.255 e. The van der Waals surface area contributed by atoms with E-state index in [2.05, 4.69) is 20.1 Å². The molecular formula is C22H25FN6O3. The highest BCUT2D eigenvalue weighted by atomic mass is 19.1. The van der Waals surface area contributed by atoms with Gasteiger partial charge in [0.2, 0.25) is 11.8 Å². The zero-order valence-corrected chi connectivity index (χ0v) is 17.9. The molecule has 2 saturated heterocycles. The molecule has 1 aromatic carbocycles. The van der Waals surface area contributed by atoms with E-state index >= 15 is 0 Å². The lowest BCUT2D eigenvalue weighted by molar-refractivity contribution is -0.136. The number of halogens is 1. The molecule has 0 aliphatic carbocycles. The van der Waals surface area contributed by atoms with Crippen molar-refractivity contribution in [3.63, 3.8) is 0 Å². The number of anilines is 1. The van der Waals surface area contributed by atoms with Crippen LogP contribution in [0.15, 0.2) is 24.7 Å². The molecular weight excluding hydrogens is 415 g/mol. The van der Waals surface area contributed by atoms with Crippen LogP contribution in [0.1, 0.15) is 34.5 Å². The fourth-order valence-corrected chi connectivity index (χ4v) is 4.81. The third-order valence-electron chi connectivity index (χ3n) is 6.45. The zero-order chi connectivity index (χ0) is 22.4. The Balaban J connectivity index is 1.32. The molecule has 4 heterocycles. The number of hydrogen-bond donors (Lipinski definition) is 1. The molecule has 10 heteroatoms. The van der Waals surface area contributed by atoms with Gasteiger partial charge in [0, 0.05) is 75.7 Å².